The molecule has 0 saturated carbocycles. The van der Waals surface area contributed by atoms with Crippen LogP contribution < -0.4 is 0 Å². The minimum absolute atomic E-state index is 1.46. The number of halogens is 10. The van der Waals surface area contributed by atoms with E-state index in [-0.39, 0.29) is 0 Å². The minimum Gasteiger partial charge on any atom is -0.233 e. The van der Waals surface area contributed by atoms with Crippen molar-refractivity contribution in [2.45, 2.75) is 24.4 Å². The highest BCUT2D eigenvalue weighted by Crippen LogP contribution is 2.42. The largest absolute Gasteiger partial charge is 0.460 e. The molecule has 0 spiro atoms. The second-order valence-corrected chi connectivity index (χ2v) is 2.53. The predicted octanol–water partition coefficient (Wildman–Crippen LogP) is 3.94. The van der Waals surface area contributed by atoms with Gasteiger partial charge in [-0.2, -0.15) is 35.1 Å². The minimum atomic E-state index is -6.43. The highest BCUT2D eigenvalue weighted by atomic mass is 19.4. The van der Waals surface area contributed by atoms with E-state index < -0.39 is 36.3 Å². The molecule has 0 rings (SSSR count). The molecule has 1 atom stereocenters. The van der Waals surface area contributed by atoms with Gasteiger partial charge in [-0.05, 0) is 6.08 Å². The Hall–Kier alpha value is -0.960. The van der Waals surface area contributed by atoms with E-state index in [0.717, 1.165) is 0 Å². The van der Waals surface area contributed by atoms with Crippen LogP contribution in [0.3, 0.4) is 0 Å². The Balaban J connectivity index is 5.08. The third kappa shape index (κ3) is 3.27. The van der Waals surface area contributed by atoms with E-state index in [1.54, 1.807) is 0 Å². The van der Waals surface area contributed by atoms with E-state index in [4.69, 9.17) is 0 Å². The van der Waals surface area contributed by atoms with Crippen LogP contribution in [-0.2, 0) is 0 Å². The maximum absolute atomic E-state index is 12.1. The Bertz CT molecular complexity index is 268. The quantitative estimate of drug-likeness (QED) is 0.663. The van der Waals surface area contributed by atoms with E-state index in [1.165, 1.54) is 0 Å². The molecule has 0 radical (unpaired) electrons. The number of rotatable bonds is 2. The first-order chi connectivity index (χ1) is 6.80. The predicted molar refractivity (Wildman–Crippen MR) is 31.1 cm³/mol. The first kappa shape index (κ1) is 15.0. The highest BCUT2D eigenvalue weighted by Gasteiger charge is 2.61. The van der Waals surface area contributed by atoms with Crippen LogP contribution in [0.15, 0.2) is 11.9 Å². The average molecular weight is 264 g/mol. The van der Waals surface area contributed by atoms with Gasteiger partial charge >= 0.3 is 18.3 Å². The molecule has 0 aliphatic carbocycles. The molecular formula is C6H2F10. The van der Waals surface area contributed by atoms with Gasteiger partial charge in [0, 0.05) is 0 Å². The summed E-state index contributed by atoms with van der Waals surface area (Å²) in [5.74, 6) is -9.69. The molecule has 0 amide bonds. The molecule has 96 valence electrons. The van der Waals surface area contributed by atoms with Crippen LogP contribution >= 0.6 is 0 Å². The smallest absolute Gasteiger partial charge is 0.233 e. The van der Waals surface area contributed by atoms with E-state index in [0.29, 0.717) is 0 Å². The van der Waals surface area contributed by atoms with Gasteiger partial charge < -0.3 is 0 Å². The van der Waals surface area contributed by atoms with Crippen LogP contribution in [0, 0.1) is 0 Å². The molecule has 16 heavy (non-hydrogen) atoms. The van der Waals surface area contributed by atoms with Gasteiger partial charge in [0.05, 0.1) is 0 Å². The van der Waals surface area contributed by atoms with E-state index in [9.17, 15) is 43.9 Å². The Morgan fingerprint density at radius 1 is 0.875 bits per heavy atom. The maximum Gasteiger partial charge on any atom is 0.460 e. The topological polar surface area (TPSA) is 0 Å². The molecule has 10 heteroatoms. The summed E-state index contributed by atoms with van der Waals surface area (Å²) in [4.78, 5) is 0. The summed E-state index contributed by atoms with van der Waals surface area (Å²) in [5.41, 5.74) is 0. The lowest BCUT2D eigenvalue weighted by molar-refractivity contribution is -0.271. The maximum atomic E-state index is 12.1. The fourth-order valence-electron chi connectivity index (χ4n) is 0.463. The van der Waals surface area contributed by atoms with Gasteiger partial charge in [-0.25, -0.2) is 8.78 Å². The molecule has 0 aromatic heterocycles. The molecule has 0 heterocycles. The Morgan fingerprint density at radius 2 is 1.25 bits per heavy atom. The zero-order valence-electron chi connectivity index (χ0n) is 6.93. The molecule has 0 saturated heterocycles. The molecule has 0 aromatic carbocycles. The van der Waals surface area contributed by atoms with Crippen LogP contribution in [-0.4, -0.2) is 24.4 Å². The highest BCUT2D eigenvalue weighted by molar-refractivity contribution is 5.11. The van der Waals surface area contributed by atoms with E-state index in [1.807, 2.05) is 0 Å². The molecule has 0 aliphatic rings. The SMILES string of the molecule is F/C(=C/C(F)C(F)(F)F)C(F)(F)C(F)(F)F. The summed E-state index contributed by atoms with van der Waals surface area (Å²) in [5, 5.41) is 0. The molecule has 0 aromatic rings. The third-order valence-electron chi connectivity index (χ3n) is 1.26. The fraction of sp³-hybridized carbons (Fsp3) is 0.667. The molecule has 0 aliphatic heterocycles. The van der Waals surface area contributed by atoms with Gasteiger partial charge in [0.1, 0.15) is 0 Å². The average Bonchev–Trinajstić information content (AvgIpc) is 1.99. The molecule has 0 fully saturated rings. The van der Waals surface area contributed by atoms with Crippen LogP contribution in [0.1, 0.15) is 0 Å². The number of alkyl halides is 9. The molecule has 0 bridgehead atoms. The Kier molecular flexibility index (Phi) is 3.88. The van der Waals surface area contributed by atoms with Crippen molar-refractivity contribution in [3.8, 4) is 0 Å². The Labute approximate surface area is 81.5 Å². The monoisotopic (exact) mass is 264 g/mol. The summed E-state index contributed by atoms with van der Waals surface area (Å²) in [6, 6.07) is 0. The first-order valence-corrected chi connectivity index (χ1v) is 3.33. The second-order valence-electron chi connectivity index (χ2n) is 2.53. The van der Waals surface area contributed by atoms with Gasteiger partial charge in [0.15, 0.2) is 5.83 Å². The van der Waals surface area contributed by atoms with E-state index in [2.05, 4.69) is 0 Å². The van der Waals surface area contributed by atoms with Crippen molar-refractivity contribution in [1.29, 1.82) is 0 Å². The van der Waals surface area contributed by atoms with Gasteiger partial charge in [-0.1, -0.05) is 0 Å². The number of hydrogen-bond donors (Lipinski definition) is 0. The van der Waals surface area contributed by atoms with Crippen molar-refractivity contribution >= 4 is 0 Å². The van der Waals surface area contributed by atoms with Gasteiger partial charge in [0.25, 0.3) is 0 Å². The van der Waals surface area contributed by atoms with Crippen LogP contribution in [0.4, 0.5) is 43.9 Å². The summed E-state index contributed by atoms with van der Waals surface area (Å²) >= 11 is 0. The second kappa shape index (κ2) is 4.13. The van der Waals surface area contributed by atoms with Crippen molar-refractivity contribution in [2.24, 2.45) is 0 Å². The van der Waals surface area contributed by atoms with Gasteiger partial charge in [-0.3, -0.25) is 0 Å². The number of allylic oxidation sites excluding steroid dienone is 2. The number of hydrogen-bond acceptors (Lipinski definition) is 0. The summed E-state index contributed by atoms with van der Waals surface area (Å²) < 4.78 is 116. The van der Waals surface area contributed by atoms with Crippen LogP contribution in [0.2, 0.25) is 0 Å². The molecule has 1 unspecified atom stereocenters. The van der Waals surface area contributed by atoms with Gasteiger partial charge in [-0.15, -0.1) is 0 Å². The van der Waals surface area contributed by atoms with Crippen molar-refractivity contribution in [3.05, 3.63) is 11.9 Å². The standard InChI is InChI=1S/C6H2F10/c7-2(1-3(8)5(11,12)13)4(9,10)6(14,15)16/h1,3H/b2-1+. The van der Waals surface area contributed by atoms with E-state index >= 15 is 0 Å². The molecule has 0 nitrogen and oxygen atoms in total. The van der Waals surface area contributed by atoms with Crippen LogP contribution in [0.5, 0.6) is 0 Å². The Morgan fingerprint density at radius 3 is 1.50 bits per heavy atom. The van der Waals surface area contributed by atoms with Crippen molar-refractivity contribution < 1.29 is 43.9 Å². The lowest BCUT2D eigenvalue weighted by Gasteiger charge is -2.18. The van der Waals surface area contributed by atoms with Crippen molar-refractivity contribution in [1.82, 2.24) is 0 Å². The summed E-state index contributed by atoms with van der Waals surface area (Å²) in [6.07, 6.45) is -17.9. The molecular weight excluding hydrogens is 262 g/mol. The zero-order chi connectivity index (χ0) is 13.4. The first-order valence-electron chi connectivity index (χ1n) is 3.33. The van der Waals surface area contributed by atoms with Crippen LogP contribution in [0.25, 0.3) is 0 Å². The zero-order valence-corrected chi connectivity index (χ0v) is 6.93. The fourth-order valence-corrected chi connectivity index (χ4v) is 0.463. The lowest BCUT2D eigenvalue weighted by atomic mass is 10.2. The van der Waals surface area contributed by atoms with Crippen molar-refractivity contribution in [2.75, 3.05) is 0 Å². The third-order valence-corrected chi connectivity index (χ3v) is 1.26. The lowest BCUT2D eigenvalue weighted by Crippen LogP contribution is -2.38. The summed E-state index contributed by atoms with van der Waals surface area (Å²) in [6.45, 7) is 0. The van der Waals surface area contributed by atoms with Gasteiger partial charge in [0.2, 0.25) is 6.17 Å². The normalized spacial score (nSPS) is 17.5. The van der Waals surface area contributed by atoms with Crippen molar-refractivity contribution in [3.63, 3.8) is 0 Å². The molecule has 0 N–H and O–H groups in total. The summed E-state index contributed by atoms with van der Waals surface area (Å²) in [7, 11) is 0.